The number of aromatic nitrogens is 1. The van der Waals surface area contributed by atoms with E-state index in [2.05, 4.69) is 45.6 Å². The van der Waals surface area contributed by atoms with Gasteiger partial charge in [0.05, 0.1) is 5.52 Å². The van der Waals surface area contributed by atoms with Gasteiger partial charge < -0.3 is 9.47 Å². The lowest BCUT2D eigenvalue weighted by Crippen LogP contribution is -2.47. The molecule has 4 heteroatoms. The van der Waals surface area contributed by atoms with Crippen LogP contribution in [0.4, 0.5) is 0 Å². The van der Waals surface area contributed by atoms with E-state index in [0.29, 0.717) is 12.0 Å². The largest absolute Gasteiger partial charge is 0.339 e. The fourth-order valence-corrected chi connectivity index (χ4v) is 5.56. The molecule has 4 heterocycles. The Morgan fingerprint density at radius 2 is 1.96 bits per heavy atom. The fourth-order valence-electron chi connectivity index (χ4n) is 5.56. The highest BCUT2D eigenvalue weighted by Gasteiger charge is 2.38. The maximum Gasteiger partial charge on any atom is 0.270 e. The van der Waals surface area contributed by atoms with Crippen LogP contribution in [0.25, 0.3) is 10.9 Å². The zero-order chi connectivity index (χ0) is 18.5. The summed E-state index contributed by atoms with van der Waals surface area (Å²) in [5.41, 5.74) is 3.26. The van der Waals surface area contributed by atoms with E-state index < -0.39 is 0 Å². The van der Waals surface area contributed by atoms with Crippen LogP contribution in [-0.2, 0) is 7.05 Å². The number of amides is 1. The van der Waals surface area contributed by atoms with Gasteiger partial charge in [0, 0.05) is 44.7 Å². The summed E-state index contributed by atoms with van der Waals surface area (Å²) >= 11 is 0. The van der Waals surface area contributed by atoms with Gasteiger partial charge >= 0.3 is 0 Å². The van der Waals surface area contributed by atoms with Crippen LogP contribution in [0.5, 0.6) is 0 Å². The molecule has 1 aromatic carbocycles. The van der Waals surface area contributed by atoms with Crippen molar-refractivity contribution < 1.29 is 4.79 Å². The second kappa shape index (κ2) is 6.66. The molecule has 6 rings (SSSR count). The first-order chi connectivity index (χ1) is 13.1. The summed E-state index contributed by atoms with van der Waals surface area (Å²) in [5, 5.41) is 1.17. The van der Waals surface area contributed by atoms with Crippen molar-refractivity contribution in [2.45, 2.75) is 45.1 Å². The summed E-state index contributed by atoms with van der Waals surface area (Å²) in [6, 6.07) is 8.97. The molecule has 2 aromatic rings. The van der Waals surface area contributed by atoms with Gasteiger partial charge in [-0.05, 0) is 56.1 Å². The van der Waals surface area contributed by atoms with E-state index in [9.17, 15) is 4.79 Å². The number of hydrogen-bond donors (Lipinski definition) is 0. The van der Waals surface area contributed by atoms with Crippen LogP contribution in [-0.4, -0.2) is 52.5 Å². The van der Waals surface area contributed by atoms with Crippen LogP contribution in [0, 0.1) is 18.8 Å². The van der Waals surface area contributed by atoms with Gasteiger partial charge in [0.25, 0.3) is 5.91 Å². The molecule has 0 spiro atoms. The quantitative estimate of drug-likeness (QED) is 0.827. The second-order valence-corrected chi connectivity index (χ2v) is 9.16. The van der Waals surface area contributed by atoms with E-state index in [4.69, 9.17) is 0 Å². The van der Waals surface area contributed by atoms with E-state index in [-0.39, 0.29) is 5.91 Å². The minimum Gasteiger partial charge on any atom is -0.339 e. The first kappa shape index (κ1) is 17.3. The van der Waals surface area contributed by atoms with E-state index in [0.717, 1.165) is 24.7 Å². The molecule has 1 saturated carbocycles. The van der Waals surface area contributed by atoms with Gasteiger partial charge in [-0.25, -0.2) is 0 Å². The Morgan fingerprint density at radius 1 is 1.11 bits per heavy atom. The van der Waals surface area contributed by atoms with Crippen LogP contribution in [0.1, 0.15) is 48.2 Å². The molecular weight excluding hydrogens is 334 g/mol. The van der Waals surface area contributed by atoms with Crippen molar-refractivity contribution in [1.29, 1.82) is 0 Å². The summed E-state index contributed by atoms with van der Waals surface area (Å²) in [5.74, 6) is 1.77. The van der Waals surface area contributed by atoms with Crippen molar-refractivity contribution >= 4 is 16.8 Å². The van der Waals surface area contributed by atoms with Crippen LogP contribution in [0.2, 0.25) is 0 Å². The molecule has 3 saturated heterocycles. The van der Waals surface area contributed by atoms with Crippen LogP contribution >= 0.6 is 0 Å². The molecule has 0 N–H and O–H groups in total. The summed E-state index contributed by atoms with van der Waals surface area (Å²) in [6.07, 6.45) is 6.77. The highest BCUT2D eigenvalue weighted by atomic mass is 16.2. The number of fused-ring (bicyclic) bond motifs is 5. The Bertz CT molecular complexity index is 866. The number of piperidine rings is 1. The Balaban J connectivity index is 1.39. The number of carbonyl (C=O) groups excluding carboxylic acids is 1. The minimum absolute atomic E-state index is 0.218. The van der Waals surface area contributed by atoms with Crippen molar-refractivity contribution in [1.82, 2.24) is 14.4 Å². The molecule has 27 heavy (non-hydrogen) atoms. The maximum absolute atomic E-state index is 13.5. The topological polar surface area (TPSA) is 28.5 Å². The maximum atomic E-state index is 13.5. The van der Waals surface area contributed by atoms with Gasteiger partial charge in [-0.1, -0.05) is 24.6 Å². The van der Waals surface area contributed by atoms with Crippen LogP contribution in [0.3, 0.4) is 0 Å². The molecule has 1 aliphatic carbocycles. The van der Waals surface area contributed by atoms with E-state index in [1.165, 1.54) is 61.7 Å². The first-order valence-corrected chi connectivity index (χ1v) is 10.7. The Kier molecular flexibility index (Phi) is 4.27. The average Bonchev–Trinajstić information content (AvgIpc) is 2.77. The predicted molar refractivity (Wildman–Crippen MR) is 109 cm³/mol. The zero-order valence-electron chi connectivity index (χ0n) is 16.7. The lowest BCUT2D eigenvalue weighted by Gasteiger charge is -2.40. The number of carbonyl (C=O) groups is 1. The van der Waals surface area contributed by atoms with Crippen LogP contribution < -0.4 is 0 Å². The summed E-state index contributed by atoms with van der Waals surface area (Å²) in [7, 11) is 2.04. The lowest BCUT2D eigenvalue weighted by atomic mass is 9.83. The average molecular weight is 366 g/mol. The van der Waals surface area contributed by atoms with E-state index in [1.54, 1.807) is 0 Å². The number of benzene rings is 1. The van der Waals surface area contributed by atoms with Gasteiger partial charge in [-0.3, -0.25) is 9.69 Å². The van der Waals surface area contributed by atoms with Gasteiger partial charge in [-0.15, -0.1) is 0 Å². The molecular formula is C23H31N3O. The Morgan fingerprint density at radius 3 is 2.70 bits per heavy atom. The van der Waals surface area contributed by atoms with Gasteiger partial charge in [-0.2, -0.15) is 0 Å². The number of nitrogens with zero attached hydrogens (tertiary/aromatic N) is 3. The molecule has 3 aliphatic heterocycles. The highest BCUT2D eigenvalue weighted by Crippen LogP contribution is 2.34. The number of rotatable bonds is 3. The van der Waals surface area contributed by atoms with Crippen molar-refractivity contribution in [3.8, 4) is 0 Å². The fraction of sp³-hybridized carbons (Fsp3) is 0.609. The Hall–Kier alpha value is -1.81. The molecule has 2 atom stereocenters. The van der Waals surface area contributed by atoms with Gasteiger partial charge in [0.1, 0.15) is 5.69 Å². The normalized spacial score (nSPS) is 26.4. The summed E-state index contributed by atoms with van der Waals surface area (Å²) < 4.78 is 2.10. The molecule has 1 aromatic heterocycles. The Labute approximate surface area is 162 Å². The van der Waals surface area contributed by atoms with Crippen molar-refractivity contribution in [3.05, 3.63) is 35.5 Å². The molecule has 0 unspecified atom stereocenters. The zero-order valence-corrected chi connectivity index (χ0v) is 16.7. The third kappa shape index (κ3) is 2.98. The highest BCUT2D eigenvalue weighted by molar-refractivity contribution is 5.99. The van der Waals surface area contributed by atoms with Crippen molar-refractivity contribution in [2.75, 3.05) is 26.2 Å². The molecule has 4 fully saturated rings. The van der Waals surface area contributed by atoms with E-state index in [1.807, 2.05) is 7.05 Å². The molecule has 4 aliphatic rings. The lowest BCUT2D eigenvalue weighted by molar-refractivity contribution is 0.0709. The molecule has 2 bridgehead atoms. The van der Waals surface area contributed by atoms with Crippen molar-refractivity contribution in [3.63, 3.8) is 0 Å². The number of para-hydroxylation sites is 1. The third-order valence-corrected chi connectivity index (χ3v) is 7.31. The molecule has 1 amide bonds. The smallest absolute Gasteiger partial charge is 0.270 e. The summed E-state index contributed by atoms with van der Waals surface area (Å²) in [6.45, 7) is 6.41. The molecule has 144 valence electrons. The van der Waals surface area contributed by atoms with Gasteiger partial charge in [0.15, 0.2) is 0 Å². The second-order valence-electron chi connectivity index (χ2n) is 9.16. The monoisotopic (exact) mass is 365 g/mol. The molecule has 0 radical (unpaired) electrons. The summed E-state index contributed by atoms with van der Waals surface area (Å²) in [4.78, 5) is 18.3. The van der Waals surface area contributed by atoms with Crippen molar-refractivity contribution in [2.24, 2.45) is 18.9 Å². The SMILES string of the molecule is Cc1cccc2cc(C(=O)N3C[C@H]4CC[C@@H](C3)N(CC3CCC3)C4)n(C)c12. The predicted octanol–water partition coefficient (Wildman–Crippen LogP) is 3.82. The number of aryl methyl sites for hydroxylation is 2. The third-order valence-electron chi connectivity index (χ3n) is 7.31. The molecule has 4 nitrogen and oxygen atoms in total. The standard InChI is InChI=1S/C23H31N3O/c1-16-5-3-8-19-11-21(24(2)22(16)19)23(27)26-14-18-9-10-20(15-26)25(13-18)12-17-6-4-7-17/h3,5,8,11,17-18,20H,4,6-7,9-10,12-15H2,1-2H3/t18-,20-/m0/s1. The first-order valence-electron chi connectivity index (χ1n) is 10.7. The van der Waals surface area contributed by atoms with E-state index >= 15 is 0 Å². The van der Waals surface area contributed by atoms with Gasteiger partial charge in [0.2, 0.25) is 0 Å². The number of hydrogen-bond acceptors (Lipinski definition) is 2. The minimum atomic E-state index is 0.218. The van der Waals surface area contributed by atoms with Crippen LogP contribution in [0.15, 0.2) is 24.3 Å².